The lowest BCUT2D eigenvalue weighted by atomic mass is 10.1. The molecule has 4 heteroatoms. The molecule has 22 heavy (non-hydrogen) atoms. The van der Waals surface area contributed by atoms with E-state index in [0.29, 0.717) is 24.2 Å². The molecule has 0 spiro atoms. The molecule has 1 saturated heterocycles. The Morgan fingerprint density at radius 2 is 1.55 bits per heavy atom. The van der Waals surface area contributed by atoms with Crippen molar-refractivity contribution in [3.05, 3.63) is 65.7 Å². The van der Waals surface area contributed by atoms with Crippen molar-refractivity contribution in [2.75, 3.05) is 31.1 Å². The van der Waals surface area contributed by atoms with Crippen molar-refractivity contribution in [3.63, 3.8) is 0 Å². The molecule has 0 radical (unpaired) electrons. The number of piperazine rings is 1. The number of para-hydroxylation sites is 1. The van der Waals surface area contributed by atoms with Gasteiger partial charge in [0, 0.05) is 37.4 Å². The van der Waals surface area contributed by atoms with Crippen LogP contribution >= 0.6 is 0 Å². The van der Waals surface area contributed by atoms with Crippen LogP contribution in [-0.2, 0) is 0 Å². The van der Waals surface area contributed by atoms with E-state index < -0.39 is 0 Å². The summed E-state index contributed by atoms with van der Waals surface area (Å²) in [5.41, 5.74) is 2.42. The van der Waals surface area contributed by atoms with Crippen molar-refractivity contribution in [3.8, 4) is 6.07 Å². The van der Waals surface area contributed by atoms with Crippen LogP contribution in [0.25, 0.3) is 0 Å². The Kier molecular flexibility index (Phi) is 4.06. The molecule has 0 aromatic heterocycles. The number of carbonyl (C=O) groups excluding carboxylic acids is 1. The molecule has 2 aromatic rings. The predicted molar refractivity (Wildman–Crippen MR) is 85.7 cm³/mol. The number of nitrogens with zero attached hydrogens (tertiary/aromatic N) is 3. The van der Waals surface area contributed by atoms with Crippen LogP contribution in [0.5, 0.6) is 0 Å². The first kappa shape index (κ1) is 14.2. The van der Waals surface area contributed by atoms with Gasteiger partial charge in [-0.1, -0.05) is 18.2 Å². The SMILES string of the molecule is N#Cc1ccc(C(=O)N2CCN(c3ccccc3)CC2)cc1. The van der Waals surface area contributed by atoms with Gasteiger partial charge in [-0.25, -0.2) is 0 Å². The summed E-state index contributed by atoms with van der Waals surface area (Å²) in [4.78, 5) is 16.6. The lowest BCUT2D eigenvalue weighted by Gasteiger charge is -2.36. The van der Waals surface area contributed by atoms with Gasteiger partial charge in [-0.2, -0.15) is 5.26 Å². The van der Waals surface area contributed by atoms with Crippen molar-refractivity contribution in [1.82, 2.24) is 4.90 Å². The maximum atomic E-state index is 12.5. The van der Waals surface area contributed by atoms with Gasteiger partial charge in [0.2, 0.25) is 0 Å². The van der Waals surface area contributed by atoms with Crippen LogP contribution in [0.1, 0.15) is 15.9 Å². The maximum Gasteiger partial charge on any atom is 0.253 e. The largest absolute Gasteiger partial charge is 0.368 e. The van der Waals surface area contributed by atoms with Crippen LogP contribution in [0.2, 0.25) is 0 Å². The van der Waals surface area contributed by atoms with E-state index in [-0.39, 0.29) is 5.91 Å². The average molecular weight is 291 g/mol. The lowest BCUT2D eigenvalue weighted by Crippen LogP contribution is -2.48. The van der Waals surface area contributed by atoms with Gasteiger partial charge in [-0.3, -0.25) is 4.79 Å². The predicted octanol–water partition coefficient (Wildman–Crippen LogP) is 2.52. The Balaban J connectivity index is 1.63. The summed E-state index contributed by atoms with van der Waals surface area (Å²) in [6.45, 7) is 3.11. The number of amides is 1. The standard InChI is InChI=1S/C18H17N3O/c19-14-15-6-8-16(9-7-15)18(22)21-12-10-20(11-13-21)17-4-2-1-3-5-17/h1-9H,10-13H2. The molecule has 0 atom stereocenters. The van der Waals surface area contributed by atoms with E-state index >= 15 is 0 Å². The summed E-state index contributed by atoms with van der Waals surface area (Å²) < 4.78 is 0. The Labute approximate surface area is 130 Å². The van der Waals surface area contributed by atoms with Gasteiger partial charge < -0.3 is 9.80 Å². The van der Waals surface area contributed by atoms with E-state index in [2.05, 4.69) is 23.1 Å². The summed E-state index contributed by atoms with van der Waals surface area (Å²) in [7, 11) is 0. The van der Waals surface area contributed by atoms with Gasteiger partial charge in [-0.05, 0) is 36.4 Å². The van der Waals surface area contributed by atoms with Crippen LogP contribution in [0, 0.1) is 11.3 Å². The van der Waals surface area contributed by atoms with E-state index in [1.165, 1.54) is 5.69 Å². The first-order valence-electron chi connectivity index (χ1n) is 7.37. The monoisotopic (exact) mass is 291 g/mol. The Morgan fingerprint density at radius 1 is 0.909 bits per heavy atom. The molecule has 3 rings (SSSR count). The molecule has 1 aliphatic rings. The fourth-order valence-electron chi connectivity index (χ4n) is 2.68. The van der Waals surface area contributed by atoms with Crippen molar-refractivity contribution < 1.29 is 4.79 Å². The molecule has 1 heterocycles. The highest BCUT2D eigenvalue weighted by atomic mass is 16.2. The second kappa shape index (κ2) is 6.31. The number of hydrogen-bond donors (Lipinski definition) is 0. The molecule has 110 valence electrons. The molecule has 0 N–H and O–H groups in total. The van der Waals surface area contributed by atoms with Gasteiger partial charge in [0.1, 0.15) is 0 Å². The van der Waals surface area contributed by atoms with Crippen LogP contribution in [0.4, 0.5) is 5.69 Å². The second-order valence-electron chi connectivity index (χ2n) is 5.30. The average Bonchev–Trinajstić information content (AvgIpc) is 2.62. The summed E-state index contributed by atoms with van der Waals surface area (Å²) in [6, 6.07) is 19.2. The summed E-state index contributed by atoms with van der Waals surface area (Å²) >= 11 is 0. The van der Waals surface area contributed by atoms with E-state index in [1.54, 1.807) is 24.3 Å². The third-order valence-corrected chi connectivity index (χ3v) is 3.95. The quantitative estimate of drug-likeness (QED) is 0.854. The molecule has 2 aromatic carbocycles. The fourth-order valence-corrected chi connectivity index (χ4v) is 2.68. The number of benzene rings is 2. The van der Waals surface area contributed by atoms with E-state index in [1.807, 2.05) is 23.1 Å². The van der Waals surface area contributed by atoms with Crippen LogP contribution in [-0.4, -0.2) is 37.0 Å². The zero-order chi connectivity index (χ0) is 15.4. The summed E-state index contributed by atoms with van der Waals surface area (Å²) in [5.74, 6) is 0.0391. The molecular formula is C18H17N3O. The Bertz CT molecular complexity index is 681. The van der Waals surface area contributed by atoms with Crippen molar-refractivity contribution in [1.29, 1.82) is 5.26 Å². The fraction of sp³-hybridized carbons (Fsp3) is 0.222. The topological polar surface area (TPSA) is 47.3 Å². The maximum absolute atomic E-state index is 12.5. The lowest BCUT2D eigenvalue weighted by molar-refractivity contribution is 0.0747. The molecule has 0 saturated carbocycles. The first-order valence-corrected chi connectivity index (χ1v) is 7.37. The molecular weight excluding hydrogens is 274 g/mol. The molecule has 0 aliphatic carbocycles. The molecule has 4 nitrogen and oxygen atoms in total. The number of hydrogen-bond acceptors (Lipinski definition) is 3. The van der Waals surface area contributed by atoms with Gasteiger partial charge in [-0.15, -0.1) is 0 Å². The van der Waals surface area contributed by atoms with Crippen molar-refractivity contribution in [2.45, 2.75) is 0 Å². The summed E-state index contributed by atoms with van der Waals surface area (Å²) in [5, 5.41) is 8.80. The number of carbonyl (C=O) groups is 1. The van der Waals surface area contributed by atoms with Crippen LogP contribution in [0.3, 0.4) is 0 Å². The molecule has 0 bridgehead atoms. The minimum Gasteiger partial charge on any atom is -0.368 e. The smallest absolute Gasteiger partial charge is 0.253 e. The molecule has 1 fully saturated rings. The van der Waals surface area contributed by atoms with Crippen molar-refractivity contribution >= 4 is 11.6 Å². The zero-order valence-corrected chi connectivity index (χ0v) is 12.3. The molecule has 1 aliphatic heterocycles. The van der Waals surface area contributed by atoms with Gasteiger partial charge >= 0.3 is 0 Å². The van der Waals surface area contributed by atoms with Gasteiger partial charge in [0.25, 0.3) is 5.91 Å². The second-order valence-corrected chi connectivity index (χ2v) is 5.30. The third kappa shape index (κ3) is 2.94. The highest BCUT2D eigenvalue weighted by Gasteiger charge is 2.22. The van der Waals surface area contributed by atoms with Crippen molar-refractivity contribution in [2.24, 2.45) is 0 Å². The molecule has 1 amide bonds. The van der Waals surface area contributed by atoms with Gasteiger partial charge in [0.05, 0.1) is 11.6 Å². The number of anilines is 1. The van der Waals surface area contributed by atoms with Crippen LogP contribution in [0.15, 0.2) is 54.6 Å². The van der Waals surface area contributed by atoms with E-state index in [4.69, 9.17) is 5.26 Å². The zero-order valence-electron chi connectivity index (χ0n) is 12.3. The van der Waals surface area contributed by atoms with Crippen LogP contribution < -0.4 is 4.90 Å². The highest BCUT2D eigenvalue weighted by Crippen LogP contribution is 2.17. The summed E-state index contributed by atoms with van der Waals surface area (Å²) in [6.07, 6.45) is 0. The normalized spacial score (nSPS) is 14.5. The third-order valence-electron chi connectivity index (χ3n) is 3.95. The number of rotatable bonds is 2. The highest BCUT2D eigenvalue weighted by molar-refractivity contribution is 5.94. The Morgan fingerprint density at radius 3 is 2.14 bits per heavy atom. The minimum atomic E-state index is 0.0391. The molecule has 0 unspecified atom stereocenters. The first-order chi connectivity index (χ1) is 10.8. The number of nitriles is 1. The van der Waals surface area contributed by atoms with E-state index in [0.717, 1.165) is 13.1 Å². The van der Waals surface area contributed by atoms with Gasteiger partial charge in [0.15, 0.2) is 0 Å². The Hall–Kier alpha value is -2.80. The minimum absolute atomic E-state index is 0.0391. The van der Waals surface area contributed by atoms with E-state index in [9.17, 15) is 4.79 Å².